The van der Waals surface area contributed by atoms with E-state index >= 15 is 0 Å². The summed E-state index contributed by atoms with van der Waals surface area (Å²) in [4.78, 5) is 25.7. The zero-order valence-electron chi connectivity index (χ0n) is 21.7. The van der Waals surface area contributed by atoms with Gasteiger partial charge in [0.1, 0.15) is 0 Å². The van der Waals surface area contributed by atoms with Crippen LogP contribution in [0.25, 0.3) is 6.08 Å². The number of hydrogen-bond acceptors (Lipinski definition) is 7. The van der Waals surface area contributed by atoms with Crippen molar-refractivity contribution in [3.8, 4) is 23.0 Å². The number of rotatable bonds is 13. The average molecular weight is 513 g/mol. The first kappa shape index (κ1) is 27.9. The Balaban J connectivity index is 1.52. The summed E-state index contributed by atoms with van der Waals surface area (Å²) in [6.07, 6.45) is 7.81. The Kier molecular flexibility index (Phi) is 10.6. The van der Waals surface area contributed by atoms with Crippen LogP contribution in [0.3, 0.4) is 0 Å². The first-order valence-electron chi connectivity index (χ1n) is 12.4. The summed E-state index contributed by atoms with van der Waals surface area (Å²) in [5, 5.41) is 8.49. The number of nitrogens with one attached hydrogen (secondary N) is 1. The fourth-order valence-electron chi connectivity index (χ4n) is 4.23. The van der Waals surface area contributed by atoms with Crippen LogP contribution >= 0.6 is 0 Å². The molecule has 2 aromatic rings. The van der Waals surface area contributed by atoms with Crippen LogP contribution in [-0.4, -0.2) is 56.4 Å². The van der Waals surface area contributed by atoms with Gasteiger partial charge in [0, 0.05) is 25.6 Å². The molecular formula is C28H36N2O7. The molecular weight excluding hydrogens is 476 g/mol. The smallest absolute Gasteiger partial charge is 0.246 e. The van der Waals surface area contributed by atoms with Crippen molar-refractivity contribution < 1.29 is 33.7 Å². The van der Waals surface area contributed by atoms with Crippen LogP contribution in [0.1, 0.15) is 48.8 Å². The summed E-state index contributed by atoms with van der Waals surface area (Å²) < 4.78 is 22.1. The van der Waals surface area contributed by atoms with E-state index in [1.54, 1.807) is 39.0 Å². The number of hydroxylamine groups is 1. The number of benzene rings is 2. The van der Waals surface area contributed by atoms with Crippen molar-refractivity contribution in [2.75, 3.05) is 34.5 Å². The molecule has 0 aliphatic carbocycles. The summed E-state index contributed by atoms with van der Waals surface area (Å²) >= 11 is 0. The molecule has 0 saturated carbocycles. The fourth-order valence-corrected chi connectivity index (χ4v) is 4.23. The molecule has 9 nitrogen and oxygen atoms in total. The maximum Gasteiger partial charge on any atom is 0.246 e. The molecule has 0 fully saturated rings. The number of ether oxygens (including phenoxy) is 4. The van der Waals surface area contributed by atoms with Crippen LogP contribution in [0.5, 0.6) is 23.0 Å². The quantitative estimate of drug-likeness (QED) is 0.180. The van der Waals surface area contributed by atoms with Gasteiger partial charge in [-0.05, 0) is 66.3 Å². The lowest BCUT2D eigenvalue weighted by Crippen LogP contribution is -2.34. The van der Waals surface area contributed by atoms with Gasteiger partial charge in [0.05, 0.1) is 27.9 Å². The topological polar surface area (TPSA) is 107 Å². The Morgan fingerprint density at radius 1 is 0.919 bits per heavy atom. The Bertz CT molecular complexity index is 1100. The minimum Gasteiger partial charge on any atom is -0.493 e. The molecule has 2 aromatic carbocycles. The van der Waals surface area contributed by atoms with E-state index in [9.17, 15) is 9.59 Å². The van der Waals surface area contributed by atoms with E-state index in [2.05, 4.69) is 0 Å². The van der Waals surface area contributed by atoms with Crippen LogP contribution < -0.4 is 24.4 Å². The van der Waals surface area contributed by atoms with Gasteiger partial charge in [0.2, 0.25) is 11.8 Å². The largest absolute Gasteiger partial charge is 0.493 e. The second-order valence-electron chi connectivity index (χ2n) is 8.78. The summed E-state index contributed by atoms with van der Waals surface area (Å²) in [5.74, 6) is 2.18. The second kappa shape index (κ2) is 14.1. The van der Waals surface area contributed by atoms with Gasteiger partial charge in [0.25, 0.3) is 0 Å². The molecule has 0 atom stereocenters. The van der Waals surface area contributed by atoms with Gasteiger partial charge in [-0.3, -0.25) is 14.8 Å². The lowest BCUT2D eigenvalue weighted by atomic mass is 9.98. The van der Waals surface area contributed by atoms with E-state index in [-0.39, 0.29) is 11.8 Å². The molecule has 1 heterocycles. The number of carbonyl (C=O) groups is 2. The van der Waals surface area contributed by atoms with Crippen molar-refractivity contribution in [1.82, 2.24) is 10.4 Å². The second-order valence-corrected chi connectivity index (χ2v) is 8.78. The number of fused-ring (bicyclic) bond motifs is 1. The third kappa shape index (κ3) is 7.88. The molecule has 0 unspecified atom stereocenters. The summed E-state index contributed by atoms with van der Waals surface area (Å²) in [6, 6.07) is 9.50. The van der Waals surface area contributed by atoms with Crippen molar-refractivity contribution in [3.63, 3.8) is 0 Å². The number of amides is 2. The van der Waals surface area contributed by atoms with Gasteiger partial charge in [-0.15, -0.1) is 0 Å². The summed E-state index contributed by atoms with van der Waals surface area (Å²) in [5.41, 5.74) is 4.70. The van der Waals surface area contributed by atoms with E-state index in [4.69, 9.17) is 24.2 Å². The van der Waals surface area contributed by atoms with Gasteiger partial charge in [0.15, 0.2) is 23.0 Å². The maximum atomic E-state index is 12.9. The zero-order chi connectivity index (χ0) is 26.6. The van der Waals surface area contributed by atoms with E-state index in [1.165, 1.54) is 5.56 Å². The SMILES string of the molecule is COc1cc2c(cc1OC)CN(C(=O)C=Cc1ccc(OCCCCCCC(=O)NO)c(OC)c1)CC2. The predicted molar refractivity (Wildman–Crippen MR) is 139 cm³/mol. The number of hydrogen-bond donors (Lipinski definition) is 2. The zero-order valence-corrected chi connectivity index (χ0v) is 21.7. The lowest BCUT2D eigenvalue weighted by molar-refractivity contribution is -0.129. The van der Waals surface area contributed by atoms with Crippen molar-refractivity contribution in [2.45, 2.75) is 45.1 Å². The monoisotopic (exact) mass is 512 g/mol. The Hall–Kier alpha value is -3.72. The highest BCUT2D eigenvalue weighted by Gasteiger charge is 2.21. The van der Waals surface area contributed by atoms with E-state index in [0.717, 1.165) is 43.2 Å². The van der Waals surface area contributed by atoms with Crippen molar-refractivity contribution >= 4 is 17.9 Å². The highest BCUT2D eigenvalue weighted by Crippen LogP contribution is 2.33. The summed E-state index contributed by atoms with van der Waals surface area (Å²) in [7, 11) is 4.81. The van der Waals surface area contributed by atoms with E-state index in [0.29, 0.717) is 49.1 Å². The average Bonchev–Trinajstić information content (AvgIpc) is 2.94. The van der Waals surface area contributed by atoms with E-state index < -0.39 is 0 Å². The van der Waals surface area contributed by atoms with Gasteiger partial charge >= 0.3 is 0 Å². The Labute approximate surface area is 217 Å². The summed E-state index contributed by atoms with van der Waals surface area (Å²) in [6.45, 7) is 1.68. The molecule has 2 amide bonds. The molecule has 3 rings (SSSR count). The molecule has 0 saturated heterocycles. The minimum atomic E-state index is -0.361. The molecule has 0 spiro atoms. The molecule has 0 radical (unpaired) electrons. The maximum absolute atomic E-state index is 12.9. The Morgan fingerprint density at radius 3 is 2.30 bits per heavy atom. The van der Waals surface area contributed by atoms with Gasteiger partial charge in [-0.1, -0.05) is 18.9 Å². The Morgan fingerprint density at radius 2 is 1.59 bits per heavy atom. The first-order valence-corrected chi connectivity index (χ1v) is 12.4. The highest BCUT2D eigenvalue weighted by molar-refractivity contribution is 5.92. The van der Waals surface area contributed by atoms with Crippen LogP contribution in [-0.2, 0) is 22.6 Å². The third-order valence-corrected chi connectivity index (χ3v) is 6.32. The van der Waals surface area contributed by atoms with Crippen LogP contribution in [0.15, 0.2) is 36.4 Å². The molecule has 2 N–H and O–H groups in total. The van der Waals surface area contributed by atoms with Gasteiger partial charge in [-0.2, -0.15) is 0 Å². The predicted octanol–water partition coefficient (Wildman–Crippen LogP) is 4.15. The minimum absolute atomic E-state index is 0.0591. The van der Waals surface area contributed by atoms with Crippen molar-refractivity contribution in [1.29, 1.82) is 0 Å². The number of methoxy groups -OCH3 is 3. The van der Waals surface area contributed by atoms with E-state index in [1.807, 2.05) is 35.2 Å². The molecule has 0 aromatic heterocycles. The van der Waals surface area contributed by atoms with Crippen LogP contribution in [0, 0.1) is 0 Å². The lowest BCUT2D eigenvalue weighted by Gasteiger charge is -2.28. The molecule has 1 aliphatic rings. The van der Waals surface area contributed by atoms with Gasteiger partial charge in [-0.25, -0.2) is 5.48 Å². The van der Waals surface area contributed by atoms with Crippen LogP contribution in [0.2, 0.25) is 0 Å². The molecule has 200 valence electrons. The standard InChI is InChI=1S/C28H36N2O7/c1-34-24-16-20(9-11-23(24)37-15-7-5-4-6-8-27(31)29-33)10-12-28(32)30-14-13-21-17-25(35-2)26(36-3)18-22(21)19-30/h9-12,16-18,33H,4-8,13-15,19H2,1-3H3,(H,29,31). The van der Waals surface area contributed by atoms with Gasteiger partial charge < -0.3 is 23.8 Å². The van der Waals surface area contributed by atoms with Crippen LogP contribution in [0.4, 0.5) is 0 Å². The molecule has 37 heavy (non-hydrogen) atoms. The molecule has 0 bridgehead atoms. The number of nitrogens with zero attached hydrogens (tertiary/aromatic N) is 1. The first-order chi connectivity index (χ1) is 18.0. The molecule has 9 heteroatoms. The molecule has 1 aliphatic heterocycles. The normalized spacial score (nSPS) is 12.7. The fraction of sp³-hybridized carbons (Fsp3) is 0.429. The van der Waals surface area contributed by atoms with Crippen molar-refractivity contribution in [3.05, 3.63) is 53.1 Å². The van der Waals surface area contributed by atoms with Crippen molar-refractivity contribution in [2.24, 2.45) is 0 Å². The third-order valence-electron chi connectivity index (χ3n) is 6.32. The highest BCUT2D eigenvalue weighted by atomic mass is 16.5. The number of unbranched alkanes of at least 4 members (excludes halogenated alkanes) is 3. The number of carbonyl (C=O) groups excluding carboxylic acids is 2.